The first-order valence-electron chi connectivity index (χ1n) is 5.65. The number of rotatable bonds is 5. The van der Waals surface area contributed by atoms with Gasteiger partial charge in [0.25, 0.3) is 0 Å². The summed E-state index contributed by atoms with van der Waals surface area (Å²) in [5, 5.41) is 3.11. The number of carbonyl (C=O) groups excluding carboxylic acids is 1. The predicted molar refractivity (Wildman–Crippen MR) is 61.3 cm³/mol. The first-order valence-corrected chi connectivity index (χ1v) is 5.65. The quantitative estimate of drug-likeness (QED) is 0.714. The average molecular weight is 230 g/mol. The molecule has 5 nitrogen and oxygen atoms in total. The maximum absolute atomic E-state index is 11.8. The van der Waals surface area contributed by atoms with Gasteiger partial charge < -0.3 is 19.7 Å². The van der Waals surface area contributed by atoms with Crippen molar-refractivity contribution in [2.24, 2.45) is 0 Å². The summed E-state index contributed by atoms with van der Waals surface area (Å²) >= 11 is 0. The summed E-state index contributed by atoms with van der Waals surface area (Å²) in [5.41, 5.74) is 0. The van der Waals surface area contributed by atoms with E-state index in [9.17, 15) is 4.79 Å². The second kappa shape index (κ2) is 6.18. The SMILES string of the molecule is COC1CN(C(=O)CNC(C)C)CC1OC. The van der Waals surface area contributed by atoms with Crippen LogP contribution in [0, 0.1) is 0 Å². The van der Waals surface area contributed by atoms with Gasteiger partial charge in [0.1, 0.15) is 12.2 Å². The van der Waals surface area contributed by atoms with E-state index in [1.54, 1.807) is 19.1 Å². The van der Waals surface area contributed by atoms with Gasteiger partial charge in [-0.25, -0.2) is 0 Å². The van der Waals surface area contributed by atoms with Gasteiger partial charge in [0.05, 0.1) is 6.54 Å². The molecule has 2 unspecified atom stereocenters. The lowest BCUT2D eigenvalue weighted by atomic mass is 10.3. The van der Waals surface area contributed by atoms with Crippen LogP contribution in [0.4, 0.5) is 0 Å². The van der Waals surface area contributed by atoms with Crippen molar-refractivity contribution >= 4 is 5.91 Å². The van der Waals surface area contributed by atoms with Crippen LogP contribution < -0.4 is 5.32 Å². The maximum Gasteiger partial charge on any atom is 0.236 e. The van der Waals surface area contributed by atoms with Gasteiger partial charge in [0, 0.05) is 33.4 Å². The Hall–Kier alpha value is -0.650. The lowest BCUT2D eigenvalue weighted by molar-refractivity contribution is -0.129. The molecule has 0 aromatic carbocycles. The fraction of sp³-hybridized carbons (Fsp3) is 0.909. The third-order valence-electron chi connectivity index (χ3n) is 2.84. The van der Waals surface area contributed by atoms with E-state index in [2.05, 4.69) is 5.32 Å². The van der Waals surface area contributed by atoms with Crippen LogP contribution in [0.2, 0.25) is 0 Å². The number of hydrogen-bond donors (Lipinski definition) is 1. The van der Waals surface area contributed by atoms with Crippen molar-refractivity contribution in [3.05, 3.63) is 0 Å². The van der Waals surface area contributed by atoms with Gasteiger partial charge in [-0.3, -0.25) is 4.79 Å². The minimum absolute atomic E-state index is 0.00648. The fourth-order valence-electron chi connectivity index (χ4n) is 1.80. The van der Waals surface area contributed by atoms with E-state index in [0.717, 1.165) is 0 Å². The van der Waals surface area contributed by atoms with Crippen molar-refractivity contribution in [1.82, 2.24) is 10.2 Å². The van der Waals surface area contributed by atoms with Crippen LogP contribution in [-0.4, -0.2) is 62.9 Å². The molecule has 1 heterocycles. The van der Waals surface area contributed by atoms with Crippen LogP contribution in [0.5, 0.6) is 0 Å². The van der Waals surface area contributed by atoms with Crippen molar-refractivity contribution in [3.8, 4) is 0 Å². The second-order valence-corrected chi connectivity index (χ2v) is 4.38. The first kappa shape index (κ1) is 13.4. The van der Waals surface area contributed by atoms with Crippen molar-refractivity contribution < 1.29 is 14.3 Å². The van der Waals surface area contributed by atoms with Crippen LogP contribution in [0.1, 0.15) is 13.8 Å². The van der Waals surface area contributed by atoms with Gasteiger partial charge in [0.2, 0.25) is 5.91 Å². The summed E-state index contributed by atoms with van der Waals surface area (Å²) in [4.78, 5) is 13.6. The molecular formula is C11H22N2O3. The van der Waals surface area contributed by atoms with Gasteiger partial charge in [-0.05, 0) is 0 Å². The third kappa shape index (κ3) is 3.43. The maximum atomic E-state index is 11.8. The van der Waals surface area contributed by atoms with Gasteiger partial charge in [0.15, 0.2) is 0 Å². The van der Waals surface area contributed by atoms with E-state index in [1.165, 1.54) is 0 Å². The summed E-state index contributed by atoms with van der Waals surface area (Å²) < 4.78 is 10.6. The third-order valence-corrected chi connectivity index (χ3v) is 2.84. The van der Waals surface area contributed by atoms with Crippen molar-refractivity contribution in [2.75, 3.05) is 33.9 Å². The summed E-state index contributed by atoms with van der Waals surface area (Å²) in [6.07, 6.45) is -0.0130. The minimum Gasteiger partial charge on any atom is -0.377 e. The Bertz CT molecular complexity index is 221. The highest BCUT2D eigenvalue weighted by Gasteiger charge is 2.35. The molecule has 1 amide bonds. The Balaban J connectivity index is 2.41. The number of amides is 1. The molecule has 1 N–H and O–H groups in total. The molecule has 0 spiro atoms. The van der Waals surface area contributed by atoms with E-state index in [-0.39, 0.29) is 18.1 Å². The average Bonchev–Trinajstić information content (AvgIpc) is 2.68. The first-order chi connectivity index (χ1) is 7.58. The van der Waals surface area contributed by atoms with Crippen molar-refractivity contribution in [3.63, 3.8) is 0 Å². The van der Waals surface area contributed by atoms with Crippen LogP contribution in [-0.2, 0) is 14.3 Å². The minimum atomic E-state index is -0.00648. The lowest BCUT2D eigenvalue weighted by Gasteiger charge is -2.17. The molecule has 94 valence electrons. The predicted octanol–water partition coefficient (Wildman–Crippen LogP) is -0.143. The molecule has 0 aromatic rings. The van der Waals surface area contributed by atoms with Crippen LogP contribution in [0.3, 0.4) is 0 Å². The van der Waals surface area contributed by atoms with E-state index in [4.69, 9.17) is 9.47 Å². The van der Waals surface area contributed by atoms with Crippen molar-refractivity contribution in [1.29, 1.82) is 0 Å². The highest BCUT2D eigenvalue weighted by molar-refractivity contribution is 5.78. The molecule has 16 heavy (non-hydrogen) atoms. The molecule has 0 aliphatic carbocycles. The number of nitrogens with one attached hydrogen (secondary N) is 1. The second-order valence-electron chi connectivity index (χ2n) is 4.38. The monoisotopic (exact) mass is 230 g/mol. The molecule has 1 aliphatic heterocycles. The summed E-state index contributed by atoms with van der Waals surface area (Å²) in [5.74, 6) is 0.107. The van der Waals surface area contributed by atoms with Crippen LogP contribution in [0.15, 0.2) is 0 Å². The molecular weight excluding hydrogens is 208 g/mol. The number of methoxy groups -OCH3 is 2. The Kier molecular flexibility index (Phi) is 5.18. The molecule has 1 saturated heterocycles. The molecule has 1 fully saturated rings. The molecule has 0 bridgehead atoms. The molecule has 0 saturated carbocycles. The number of likely N-dealkylation sites (tertiary alicyclic amines) is 1. The number of ether oxygens (including phenoxy) is 2. The zero-order chi connectivity index (χ0) is 12.1. The van der Waals surface area contributed by atoms with Gasteiger partial charge in [-0.1, -0.05) is 13.8 Å². The summed E-state index contributed by atoms with van der Waals surface area (Å²) in [7, 11) is 3.30. The summed E-state index contributed by atoms with van der Waals surface area (Å²) in [6.45, 7) is 5.66. The van der Waals surface area contributed by atoms with Crippen LogP contribution >= 0.6 is 0 Å². The number of hydrogen-bond acceptors (Lipinski definition) is 4. The normalized spacial score (nSPS) is 25.4. The van der Waals surface area contributed by atoms with E-state index in [1.807, 2.05) is 13.8 Å². The topological polar surface area (TPSA) is 50.8 Å². The summed E-state index contributed by atoms with van der Waals surface area (Å²) in [6, 6.07) is 0.322. The molecule has 0 radical (unpaired) electrons. The zero-order valence-electron chi connectivity index (χ0n) is 10.5. The van der Waals surface area contributed by atoms with E-state index >= 15 is 0 Å². The fourth-order valence-corrected chi connectivity index (χ4v) is 1.80. The van der Waals surface area contributed by atoms with E-state index in [0.29, 0.717) is 25.7 Å². The van der Waals surface area contributed by atoms with Gasteiger partial charge in [-0.15, -0.1) is 0 Å². The van der Waals surface area contributed by atoms with Crippen molar-refractivity contribution in [2.45, 2.75) is 32.1 Å². The molecule has 2 atom stereocenters. The standard InChI is InChI=1S/C11H22N2O3/c1-8(2)12-5-11(14)13-6-9(15-3)10(7-13)16-4/h8-10,12H,5-7H2,1-4H3. The Morgan fingerprint density at radius 3 is 2.19 bits per heavy atom. The molecule has 0 aromatic heterocycles. The Morgan fingerprint density at radius 1 is 1.31 bits per heavy atom. The van der Waals surface area contributed by atoms with Gasteiger partial charge in [-0.2, -0.15) is 0 Å². The molecule has 5 heteroatoms. The number of carbonyl (C=O) groups is 1. The zero-order valence-corrected chi connectivity index (χ0v) is 10.5. The molecule has 1 aliphatic rings. The number of nitrogens with zero attached hydrogens (tertiary/aromatic N) is 1. The Morgan fingerprint density at radius 2 is 1.81 bits per heavy atom. The Labute approximate surface area is 97.1 Å². The smallest absolute Gasteiger partial charge is 0.236 e. The highest BCUT2D eigenvalue weighted by Crippen LogP contribution is 2.15. The lowest BCUT2D eigenvalue weighted by Crippen LogP contribution is -2.39. The highest BCUT2D eigenvalue weighted by atomic mass is 16.5. The molecule has 1 rings (SSSR count). The van der Waals surface area contributed by atoms with Crippen LogP contribution in [0.25, 0.3) is 0 Å². The largest absolute Gasteiger partial charge is 0.377 e. The van der Waals surface area contributed by atoms with Gasteiger partial charge >= 0.3 is 0 Å². The van der Waals surface area contributed by atoms with E-state index < -0.39 is 0 Å².